The molecule has 1 rings (SSSR count). The van der Waals surface area contributed by atoms with Crippen molar-refractivity contribution >= 4 is 11.6 Å². The predicted octanol–water partition coefficient (Wildman–Crippen LogP) is 2.74. The van der Waals surface area contributed by atoms with Gasteiger partial charge in [0.2, 0.25) is 5.91 Å². The van der Waals surface area contributed by atoms with Gasteiger partial charge < -0.3 is 5.32 Å². The molecular weight excluding hydrogens is 200 g/mol. The number of hydrogen-bond acceptors (Lipinski definition) is 2. The largest absolute Gasteiger partial charge is 0.325 e. The van der Waals surface area contributed by atoms with Crippen LogP contribution < -0.4 is 5.32 Å². The molecule has 0 saturated carbocycles. The third-order valence-corrected chi connectivity index (χ3v) is 2.16. The van der Waals surface area contributed by atoms with Gasteiger partial charge in [-0.1, -0.05) is 32.0 Å². The van der Waals surface area contributed by atoms with Crippen molar-refractivity contribution in [2.75, 3.05) is 5.32 Å². The fourth-order valence-corrected chi connectivity index (χ4v) is 1.53. The van der Waals surface area contributed by atoms with Crippen molar-refractivity contribution in [2.45, 2.75) is 26.7 Å². The molecule has 1 aromatic rings. The summed E-state index contributed by atoms with van der Waals surface area (Å²) in [5.41, 5.74) is 1.93. The minimum atomic E-state index is -0.251. The van der Waals surface area contributed by atoms with Crippen LogP contribution >= 0.6 is 0 Å². The highest BCUT2D eigenvalue weighted by Crippen LogP contribution is 2.18. The second kappa shape index (κ2) is 5.92. The summed E-state index contributed by atoms with van der Waals surface area (Å²) in [6, 6.07) is 9.54. The summed E-state index contributed by atoms with van der Waals surface area (Å²) in [6.07, 6.45) is 0.818. The van der Waals surface area contributed by atoms with Crippen molar-refractivity contribution in [3.8, 4) is 6.07 Å². The molecule has 84 valence electrons. The molecule has 0 unspecified atom stereocenters. The van der Waals surface area contributed by atoms with Gasteiger partial charge in [-0.25, -0.2) is 0 Å². The van der Waals surface area contributed by atoms with Gasteiger partial charge in [0.1, 0.15) is 6.42 Å². The van der Waals surface area contributed by atoms with Crippen LogP contribution in [0.15, 0.2) is 24.3 Å². The quantitative estimate of drug-likeness (QED) is 0.841. The fraction of sp³-hybridized carbons (Fsp3) is 0.385. The summed E-state index contributed by atoms with van der Waals surface area (Å²) in [5.74, 6) is 0.285. The van der Waals surface area contributed by atoms with Gasteiger partial charge in [0.15, 0.2) is 0 Å². The smallest absolute Gasteiger partial charge is 0.238 e. The van der Waals surface area contributed by atoms with Gasteiger partial charge in [0.25, 0.3) is 0 Å². The summed E-state index contributed by atoms with van der Waals surface area (Å²) < 4.78 is 0. The molecule has 1 N–H and O–H groups in total. The highest BCUT2D eigenvalue weighted by molar-refractivity contribution is 5.92. The first-order valence-electron chi connectivity index (χ1n) is 5.38. The molecule has 0 saturated heterocycles. The van der Waals surface area contributed by atoms with Crippen LogP contribution in [0.3, 0.4) is 0 Å². The standard InChI is InChI=1S/C13H16N2O/c1-10(2)9-11-5-3-4-6-12(11)15-13(16)7-8-14/h3-6,10H,7,9H2,1-2H3,(H,15,16). The van der Waals surface area contributed by atoms with E-state index in [-0.39, 0.29) is 12.3 Å². The third-order valence-electron chi connectivity index (χ3n) is 2.16. The Hall–Kier alpha value is -1.82. The normalized spacial score (nSPS) is 9.88. The summed E-state index contributed by atoms with van der Waals surface area (Å²) in [7, 11) is 0. The lowest BCUT2D eigenvalue weighted by atomic mass is 10.0. The SMILES string of the molecule is CC(C)Cc1ccccc1NC(=O)CC#N. The maximum absolute atomic E-state index is 11.3. The number of amides is 1. The second-order valence-corrected chi connectivity index (χ2v) is 4.14. The van der Waals surface area contributed by atoms with Crippen LogP contribution in [0, 0.1) is 17.2 Å². The van der Waals surface area contributed by atoms with Gasteiger partial charge in [0.05, 0.1) is 6.07 Å². The molecular formula is C13H16N2O. The van der Waals surface area contributed by atoms with E-state index in [9.17, 15) is 4.79 Å². The Balaban J connectivity index is 2.79. The van der Waals surface area contributed by atoms with Crippen molar-refractivity contribution in [3.63, 3.8) is 0 Å². The van der Waals surface area contributed by atoms with Gasteiger partial charge in [-0.3, -0.25) is 4.79 Å². The minimum absolute atomic E-state index is 0.101. The Morgan fingerprint density at radius 2 is 2.12 bits per heavy atom. The number of rotatable bonds is 4. The summed E-state index contributed by atoms with van der Waals surface area (Å²) in [6.45, 7) is 4.27. The Morgan fingerprint density at radius 1 is 1.44 bits per heavy atom. The molecule has 1 amide bonds. The van der Waals surface area contributed by atoms with Crippen LogP contribution in [0.2, 0.25) is 0 Å². The molecule has 16 heavy (non-hydrogen) atoms. The van der Waals surface area contributed by atoms with E-state index in [1.807, 2.05) is 30.3 Å². The molecule has 0 aliphatic rings. The zero-order chi connectivity index (χ0) is 12.0. The highest BCUT2D eigenvalue weighted by Gasteiger charge is 2.07. The van der Waals surface area contributed by atoms with Crippen LogP contribution in [0.4, 0.5) is 5.69 Å². The number of carbonyl (C=O) groups is 1. The maximum Gasteiger partial charge on any atom is 0.238 e. The predicted molar refractivity (Wildman–Crippen MR) is 63.8 cm³/mol. The number of hydrogen-bond donors (Lipinski definition) is 1. The number of carbonyl (C=O) groups excluding carboxylic acids is 1. The van der Waals surface area contributed by atoms with Crippen molar-refractivity contribution in [1.29, 1.82) is 5.26 Å². The molecule has 0 aliphatic carbocycles. The number of nitrogens with zero attached hydrogens (tertiary/aromatic N) is 1. The van der Waals surface area contributed by atoms with Crippen LogP contribution in [0.25, 0.3) is 0 Å². The van der Waals surface area contributed by atoms with Crippen LogP contribution in [0.5, 0.6) is 0 Å². The van der Waals surface area contributed by atoms with Gasteiger partial charge in [-0.2, -0.15) is 5.26 Å². The molecule has 0 aliphatic heterocycles. The minimum Gasteiger partial charge on any atom is -0.325 e. The van der Waals surface area contributed by atoms with E-state index in [4.69, 9.17) is 5.26 Å². The Morgan fingerprint density at radius 3 is 2.75 bits per heavy atom. The van der Waals surface area contributed by atoms with Crippen molar-refractivity contribution < 1.29 is 4.79 Å². The highest BCUT2D eigenvalue weighted by atomic mass is 16.1. The average Bonchev–Trinajstić information content (AvgIpc) is 2.20. The van der Waals surface area contributed by atoms with Crippen molar-refractivity contribution in [2.24, 2.45) is 5.92 Å². The topological polar surface area (TPSA) is 52.9 Å². The number of benzene rings is 1. The monoisotopic (exact) mass is 216 g/mol. The van der Waals surface area contributed by atoms with E-state index in [1.54, 1.807) is 0 Å². The lowest BCUT2D eigenvalue weighted by Crippen LogP contribution is -2.12. The number of anilines is 1. The first-order chi connectivity index (χ1) is 7.63. The molecule has 1 aromatic carbocycles. The molecule has 3 nitrogen and oxygen atoms in total. The van der Waals surface area contributed by atoms with E-state index in [1.165, 1.54) is 0 Å². The van der Waals surface area contributed by atoms with E-state index >= 15 is 0 Å². The third kappa shape index (κ3) is 3.74. The van der Waals surface area contributed by atoms with E-state index in [0.29, 0.717) is 5.92 Å². The van der Waals surface area contributed by atoms with Crippen LogP contribution in [-0.4, -0.2) is 5.91 Å². The molecule has 0 aromatic heterocycles. The van der Waals surface area contributed by atoms with E-state index < -0.39 is 0 Å². The lowest BCUT2D eigenvalue weighted by Gasteiger charge is -2.11. The van der Waals surface area contributed by atoms with Crippen LogP contribution in [0.1, 0.15) is 25.8 Å². The summed E-state index contributed by atoms with van der Waals surface area (Å²) in [5, 5.41) is 11.2. The first-order valence-corrected chi connectivity index (χ1v) is 5.38. The average molecular weight is 216 g/mol. The Labute approximate surface area is 96.1 Å². The summed E-state index contributed by atoms with van der Waals surface area (Å²) in [4.78, 5) is 11.3. The maximum atomic E-state index is 11.3. The number of para-hydroxylation sites is 1. The van der Waals surface area contributed by atoms with E-state index in [2.05, 4.69) is 19.2 Å². The van der Waals surface area contributed by atoms with Crippen molar-refractivity contribution in [1.82, 2.24) is 0 Å². The Bertz CT molecular complexity index is 405. The lowest BCUT2D eigenvalue weighted by molar-refractivity contribution is -0.115. The van der Waals surface area contributed by atoms with E-state index in [0.717, 1.165) is 17.7 Å². The molecule has 0 fully saturated rings. The van der Waals surface area contributed by atoms with Gasteiger partial charge >= 0.3 is 0 Å². The van der Waals surface area contributed by atoms with Gasteiger partial charge in [0, 0.05) is 5.69 Å². The zero-order valence-corrected chi connectivity index (χ0v) is 9.66. The van der Waals surface area contributed by atoms with Gasteiger partial charge in [-0.05, 0) is 24.0 Å². The molecule has 0 bridgehead atoms. The zero-order valence-electron chi connectivity index (χ0n) is 9.66. The molecule has 0 spiro atoms. The van der Waals surface area contributed by atoms with Gasteiger partial charge in [-0.15, -0.1) is 0 Å². The van der Waals surface area contributed by atoms with Crippen molar-refractivity contribution in [3.05, 3.63) is 29.8 Å². The molecule has 0 atom stereocenters. The number of nitriles is 1. The molecule has 3 heteroatoms. The molecule has 0 radical (unpaired) electrons. The van der Waals surface area contributed by atoms with Crippen LogP contribution in [-0.2, 0) is 11.2 Å². The summed E-state index contributed by atoms with van der Waals surface area (Å²) >= 11 is 0. The molecule has 0 heterocycles. The second-order valence-electron chi connectivity index (χ2n) is 4.14. The number of nitrogens with one attached hydrogen (secondary N) is 1. The fourth-order valence-electron chi connectivity index (χ4n) is 1.53. The Kier molecular flexibility index (Phi) is 4.53. The first kappa shape index (κ1) is 12.3.